The van der Waals surface area contributed by atoms with E-state index in [4.69, 9.17) is 16.3 Å². The number of aromatic nitrogens is 3. The van der Waals surface area contributed by atoms with E-state index in [1.165, 1.54) is 22.2 Å². The monoisotopic (exact) mass is 271 g/mol. The van der Waals surface area contributed by atoms with Gasteiger partial charge in [-0.25, -0.2) is 4.98 Å². The Morgan fingerprint density at radius 3 is 3.12 bits per heavy atom. The van der Waals surface area contributed by atoms with Crippen LogP contribution in [0.3, 0.4) is 0 Å². The zero-order valence-corrected chi connectivity index (χ0v) is 10.7. The molecule has 5 nitrogen and oxygen atoms in total. The van der Waals surface area contributed by atoms with E-state index in [1.807, 2.05) is 0 Å². The van der Waals surface area contributed by atoms with Crippen molar-refractivity contribution in [3.8, 4) is 0 Å². The van der Waals surface area contributed by atoms with Crippen molar-refractivity contribution in [1.82, 2.24) is 14.8 Å². The van der Waals surface area contributed by atoms with E-state index in [-0.39, 0.29) is 5.78 Å². The Labute approximate surface area is 107 Å². The molecular weight excluding hydrogens is 262 g/mol. The summed E-state index contributed by atoms with van der Waals surface area (Å²) in [6, 6.07) is 0. The third-order valence-corrected chi connectivity index (χ3v) is 3.05. The van der Waals surface area contributed by atoms with Gasteiger partial charge in [-0.05, 0) is 0 Å². The summed E-state index contributed by atoms with van der Waals surface area (Å²) in [6.45, 7) is 0.948. The largest absolute Gasteiger partial charge is 0.383 e. The number of hydrogen-bond acceptors (Lipinski definition) is 5. The van der Waals surface area contributed by atoms with E-state index >= 15 is 0 Å². The lowest BCUT2D eigenvalue weighted by atomic mass is 10.2. The Morgan fingerprint density at radius 2 is 2.47 bits per heavy atom. The van der Waals surface area contributed by atoms with Crippen LogP contribution in [-0.4, -0.2) is 34.3 Å². The number of carbonyl (C=O) groups is 1. The van der Waals surface area contributed by atoms with Crippen molar-refractivity contribution in [3.63, 3.8) is 0 Å². The minimum atomic E-state index is -0.218. The molecule has 90 valence electrons. The van der Waals surface area contributed by atoms with E-state index in [0.717, 1.165) is 0 Å². The number of nitrogens with zero attached hydrogens (tertiary/aromatic N) is 3. The van der Waals surface area contributed by atoms with Gasteiger partial charge in [-0.15, -0.1) is 11.3 Å². The predicted molar refractivity (Wildman–Crippen MR) is 64.7 cm³/mol. The quantitative estimate of drug-likeness (QED) is 0.779. The fourth-order valence-electron chi connectivity index (χ4n) is 1.38. The second-order valence-corrected chi connectivity index (χ2v) is 4.39. The second kappa shape index (κ2) is 5.39. The van der Waals surface area contributed by atoms with Crippen LogP contribution in [-0.2, 0) is 11.3 Å². The van der Waals surface area contributed by atoms with E-state index in [0.29, 0.717) is 29.6 Å². The number of halogens is 1. The first-order valence-corrected chi connectivity index (χ1v) is 6.19. The average molecular weight is 272 g/mol. The molecule has 2 heterocycles. The normalized spacial score (nSPS) is 10.7. The molecule has 2 aromatic heterocycles. The van der Waals surface area contributed by atoms with Crippen LogP contribution in [0.2, 0.25) is 5.02 Å². The molecule has 0 saturated heterocycles. The summed E-state index contributed by atoms with van der Waals surface area (Å²) < 4.78 is 6.49. The van der Waals surface area contributed by atoms with Gasteiger partial charge in [0.25, 0.3) is 0 Å². The number of rotatable bonds is 5. The van der Waals surface area contributed by atoms with Crippen molar-refractivity contribution in [1.29, 1.82) is 0 Å². The van der Waals surface area contributed by atoms with Crippen molar-refractivity contribution >= 4 is 28.7 Å². The predicted octanol–water partition coefficient (Wildman–Crippen LogP) is 1.87. The lowest BCUT2D eigenvalue weighted by Gasteiger charge is -2.05. The summed E-state index contributed by atoms with van der Waals surface area (Å²) in [5.41, 5.74) is 2.35. The summed E-state index contributed by atoms with van der Waals surface area (Å²) in [4.78, 5) is 16.1. The number of ether oxygens (including phenoxy) is 1. The van der Waals surface area contributed by atoms with Crippen LogP contribution in [0.15, 0.2) is 17.1 Å². The maximum absolute atomic E-state index is 12.1. The lowest BCUT2D eigenvalue weighted by molar-refractivity contribution is 0.102. The van der Waals surface area contributed by atoms with Gasteiger partial charge in [-0.2, -0.15) is 5.10 Å². The number of ketones is 1. The second-order valence-electron chi connectivity index (χ2n) is 3.26. The van der Waals surface area contributed by atoms with Gasteiger partial charge >= 0.3 is 0 Å². The van der Waals surface area contributed by atoms with E-state index in [1.54, 1.807) is 18.0 Å². The smallest absolute Gasteiger partial charge is 0.231 e. The maximum atomic E-state index is 12.1. The van der Waals surface area contributed by atoms with Gasteiger partial charge in [0, 0.05) is 12.5 Å². The summed E-state index contributed by atoms with van der Waals surface area (Å²) >= 11 is 7.33. The third-order valence-electron chi connectivity index (χ3n) is 2.18. The molecule has 17 heavy (non-hydrogen) atoms. The molecule has 0 atom stereocenters. The fraction of sp³-hybridized carbons (Fsp3) is 0.300. The van der Waals surface area contributed by atoms with E-state index in [2.05, 4.69) is 10.1 Å². The number of hydrogen-bond donors (Lipinski definition) is 0. The molecule has 2 aromatic rings. The van der Waals surface area contributed by atoms with E-state index < -0.39 is 0 Å². The molecule has 0 amide bonds. The molecule has 0 radical (unpaired) electrons. The number of carbonyl (C=O) groups excluding carboxylic acids is 1. The molecule has 0 aliphatic rings. The summed E-state index contributed by atoms with van der Waals surface area (Å²) in [7, 11) is 1.59. The number of thiazole rings is 1. The van der Waals surface area contributed by atoms with Gasteiger partial charge < -0.3 is 4.74 Å². The van der Waals surface area contributed by atoms with Crippen LogP contribution in [0.1, 0.15) is 16.2 Å². The molecule has 0 saturated carbocycles. The molecule has 7 heteroatoms. The maximum Gasteiger partial charge on any atom is 0.231 e. The summed E-state index contributed by atoms with van der Waals surface area (Å²) in [5, 5.41) is 6.06. The molecule has 0 N–H and O–H groups in total. The highest BCUT2D eigenvalue weighted by molar-refractivity contribution is 7.07. The zero-order chi connectivity index (χ0) is 12.3. The average Bonchev–Trinajstić information content (AvgIpc) is 2.95. The van der Waals surface area contributed by atoms with Gasteiger partial charge in [0.15, 0.2) is 0 Å². The Bertz CT molecular complexity index is 510. The van der Waals surface area contributed by atoms with Crippen LogP contribution in [0.4, 0.5) is 0 Å². The Balaban J connectivity index is 2.31. The van der Waals surface area contributed by atoms with Gasteiger partial charge in [0.2, 0.25) is 5.78 Å². The van der Waals surface area contributed by atoms with Crippen molar-refractivity contribution in [2.75, 3.05) is 13.7 Å². The highest BCUT2D eigenvalue weighted by atomic mass is 35.5. The highest BCUT2D eigenvalue weighted by Gasteiger charge is 2.20. The van der Waals surface area contributed by atoms with Crippen molar-refractivity contribution in [2.24, 2.45) is 0 Å². The highest BCUT2D eigenvalue weighted by Crippen LogP contribution is 2.19. The van der Waals surface area contributed by atoms with Crippen molar-refractivity contribution < 1.29 is 9.53 Å². The molecule has 2 rings (SSSR count). The van der Waals surface area contributed by atoms with Gasteiger partial charge in [-0.1, -0.05) is 11.6 Å². The lowest BCUT2D eigenvalue weighted by Crippen LogP contribution is -2.14. The van der Waals surface area contributed by atoms with Crippen LogP contribution < -0.4 is 0 Å². The topological polar surface area (TPSA) is 57.0 Å². The minimum absolute atomic E-state index is 0.218. The molecule has 0 aliphatic heterocycles. The first-order valence-electron chi connectivity index (χ1n) is 4.87. The van der Waals surface area contributed by atoms with Crippen LogP contribution >= 0.6 is 22.9 Å². The Kier molecular flexibility index (Phi) is 3.88. The fourth-order valence-corrected chi connectivity index (χ4v) is 2.14. The molecular formula is C10H10ClN3O2S. The van der Waals surface area contributed by atoms with Gasteiger partial charge in [-0.3, -0.25) is 9.48 Å². The summed E-state index contributed by atoms with van der Waals surface area (Å²) in [5.74, 6) is -0.218. The molecule has 0 aliphatic carbocycles. The van der Waals surface area contributed by atoms with Crippen molar-refractivity contribution in [3.05, 3.63) is 33.5 Å². The molecule has 0 spiro atoms. The zero-order valence-electron chi connectivity index (χ0n) is 9.09. The van der Waals surface area contributed by atoms with E-state index in [9.17, 15) is 4.79 Å². The number of methoxy groups -OCH3 is 1. The Hall–Kier alpha value is -1.24. The third kappa shape index (κ3) is 2.54. The molecule has 0 fully saturated rings. The first kappa shape index (κ1) is 12.2. The van der Waals surface area contributed by atoms with Gasteiger partial charge in [0.05, 0.1) is 29.9 Å². The summed E-state index contributed by atoms with van der Waals surface area (Å²) in [6.07, 6.45) is 1.46. The van der Waals surface area contributed by atoms with Crippen LogP contribution in [0, 0.1) is 0 Å². The van der Waals surface area contributed by atoms with Gasteiger partial charge in [0.1, 0.15) is 11.4 Å². The minimum Gasteiger partial charge on any atom is -0.383 e. The standard InChI is InChI=1S/C10H10ClN3O2S/c1-16-3-2-14-9(7(11)4-13-14)10(15)8-5-17-6-12-8/h4-6H,2-3H2,1H3. The SMILES string of the molecule is COCCn1ncc(Cl)c1C(=O)c1cscn1. The van der Waals surface area contributed by atoms with Crippen molar-refractivity contribution in [2.45, 2.75) is 6.54 Å². The molecule has 0 unspecified atom stereocenters. The molecule has 0 bridgehead atoms. The van der Waals surface area contributed by atoms with Crippen LogP contribution in [0.25, 0.3) is 0 Å². The van der Waals surface area contributed by atoms with Crippen LogP contribution in [0.5, 0.6) is 0 Å². The first-order chi connectivity index (χ1) is 8.24. The molecule has 0 aromatic carbocycles. The Morgan fingerprint density at radius 1 is 1.65 bits per heavy atom.